The number of carbonyl (C=O) groups excluding carboxylic acids is 2. The summed E-state index contributed by atoms with van der Waals surface area (Å²) >= 11 is 0. The third-order valence-electron chi connectivity index (χ3n) is 5.18. The van der Waals surface area contributed by atoms with Crippen molar-refractivity contribution in [1.82, 2.24) is 20.7 Å². The maximum absolute atomic E-state index is 12.5. The molecule has 0 aliphatic carbocycles. The minimum Gasteiger partial charge on any atom is -0.456 e. The summed E-state index contributed by atoms with van der Waals surface area (Å²) in [5, 5.41) is 15.0. The molecule has 9 heteroatoms. The SMILES string of the molecule is CC(=O)NC(CC(=O)OCc1nnc(-c2c(-c3ccccc3)noc2C)o1)c1ccc(C)cc1. The molecule has 0 fully saturated rings. The first kappa shape index (κ1) is 22.9. The summed E-state index contributed by atoms with van der Waals surface area (Å²) in [6, 6.07) is 16.6. The van der Waals surface area contributed by atoms with Crippen LogP contribution in [0.1, 0.15) is 42.2 Å². The van der Waals surface area contributed by atoms with Crippen LogP contribution in [0, 0.1) is 13.8 Å². The molecular formula is C25H24N4O5. The number of amides is 1. The first-order chi connectivity index (χ1) is 16.4. The predicted octanol–water partition coefficient (Wildman–Crippen LogP) is 4.32. The zero-order chi connectivity index (χ0) is 24.1. The summed E-state index contributed by atoms with van der Waals surface area (Å²) in [5.74, 6) is 0.138. The fourth-order valence-corrected chi connectivity index (χ4v) is 3.49. The Morgan fingerprint density at radius 3 is 2.47 bits per heavy atom. The summed E-state index contributed by atoms with van der Waals surface area (Å²) in [6.07, 6.45) is -0.0352. The first-order valence-corrected chi connectivity index (χ1v) is 10.7. The Balaban J connectivity index is 1.43. The van der Waals surface area contributed by atoms with Crippen molar-refractivity contribution in [1.29, 1.82) is 0 Å². The Morgan fingerprint density at radius 1 is 1.03 bits per heavy atom. The van der Waals surface area contributed by atoms with Gasteiger partial charge in [-0.25, -0.2) is 0 Å². The molecule has 1 N–H and O–H groups in total. The molecule has 0 saturated heterocycles. The number of aromatic nitrogens is 3. The molecule has 2 aromatic heterocycles. The second-order valence-electron chi connectivity index (χ2n) is 7.86. The average molecular weight is 460 g/mol. The molecule has 0 spiro atoms. The molecule has 0 aliphatic heterocycles. The number of aryl methyl sites for hydroxylation is 2. The van der Waals surface area contributed by atoms with Crippen LogP contribution in [0.3, 0.4) is 0 Å². The van der Waals surface area contributed by atoms with Gasteiger partial charge in [0.05, 0.1) is 12.5 Å². The fraction of sp³-hybridized carbons (Fsp3) is 0.240. The highest BCUT2D eigenvalue weighted by Crippen LogP contribution is 2.33. The molecule has 2 heterocycles. The van der Waals surface area contributed by atoms with E-state index in [9.17, 15) is 9.59 Å². The van der Waals surface area contributed by atoms with E-state index in [0.29, 0.717) is 17.0 Å². The summed E-state index contributed by atoms with van der Waals surface area (Å²) in [6.45, 7) is 4.93. The number of hydrogen-bond acceptors (Lipinski definition) is 8. The monoisotopic (exact) mass is 460 g/mol. The van der Waals surface area contributed by atoms with Crippen molar-refractivity contribution in [3.63, 3.8) is 0 Å². The quantitative estimate of drug-likeness (QED) is 0.386. The van der Waals surface area contributed by atoms with Gasteiger partial charge in [-0.2, -0.15) is 0 Å². The molecule has 1 unspecified atom stereocenters. The van der Waals surface area contributed by atoms with Gasteiger partial charge < -0.3 is 19.0 Å². The van der Waals surface area contributed by atoms with Gasteiger partial charge in [0, 0.05) is 12.5 Å². The van der Waals surface area contributed by atoms with Crippen LogP contribution in [-0.4, -0.2) is 27.2 Å². The third-order valence-corrected chi connectivity index (χ3v) is 5.18. The molecule has 1 amide bonds. The van der Waals surface area contributed by atoms with Gasteiger partial charge in [0.1, 0.15) is 17.0 Å². The lowest BCUT2D eigenvalue weighted by Crippen LogP contribution is -2.28. The Kier molecular flexibility index (Phi) is 6.82. The number of esters is 1. The molecule has 2 aromatic carbocycles. The number of hydrogen-bond donors (Lipinski definition) is 1. The number of nitrogens with one attached hydrogen (secondary N) is 1. The smallest absolute Gasteiger partial charge is 0.308 e. The second-order valence-corrected chi connectivity index (χ2v) is 7.86. The number of carbonyl (C=O) groups is 2. The van der Waals surface area contributed by atoms with Crippen LogP contribution in [0.15, 0.2) is 63.5 Å². The van der Waals surface area contributed by atoms with E-state index in [1.54, 1.807) is 6.92 Å². The van der Waals surface area contributed by atoms with Gasteiger partial charge in [0.15, 0.2) is 6.61 Å². The van der Waals surface area contributed by atoms with Crippen LogP contribution in [0.25, 0.3) is 22.7 Å². The largest absolute Gasteiger partial charge is 0.456 e. The molecule has 174 valence electrons. The first-order valence-electron chi connectivity index (χ1n) is 10.7. The minimum atomic E-state index is -0.509. The van der Waals surface area contributed by atoms with E-state index in [1.165, 1.54) is 6.92 Å². The minimum absolute atomic E-state index is 0.0352. The summed E-state index contributed by atoms with van der Waals surface area (Å²) < 4.78 is 16.4. The van der Waals surface area contributed by atoms with Crippen molar-refractivity contribution in [3.8, 4) is 22.7 Å². The van der Waals surface area contributed by atoms with E-state index < -0.39 is 12.0 Å². The number of benzene rings is 2. The van der Waals surface area contributed by atoms with Gasteiger partial charge in [-0.3, -0.25) is 9.59 Å². The fourth-order valence-electron chi connectivity index (χ4n) is 3.49. The molecule has 0 bridgehead atoms. The molecule has 4 rings (SSSR count). The molecule has 1 atom stereocenters. The van der Waals surface area contributed by atoms with Gasteiger partial charge in [0.2, 0.25) is 5.91 Å². The van der Waals surface area contributed by atoms with Crippen LogP contribution in [0.4, 0.5) is 0 Å². The average Bonchev–Trinajstić information content (AvgIpc) is 3.44. The molecule has 4 aromatic rings. The van der Waals surface area contributed by atoms with Crippen LogP contribution >= 0.6 is 0 Å². The van der Waals surface area contributed by atoms with Crippen LogP contribution < -0.4 is 5.32 Å². The summed E-state index contributed by atoms with van der Waals surface area (Å²) in [7, 11) is 0. The standard InChI is InChI=1S/C25H24N4O5/c1-15-9-11-18(12-10-15)20(26-17(3)30)13-22(31)32-14-21-27-28-25(33-21)23-16(2)34-29-24(23)19-7-5-4-6-8-19/h4-12,20H,13-14H2,1-3H3,(H,26,30). The number of nitrogens with zero attached hydrogens (tertiary/aromatic N) is 3. The molecule has 0 aliphatic rings. The van der Waals surface area contributed by atoms with E-state index >= 15 is 0 Å². The number of ether oxygens (including phenoxy) is 1. The normalized spacial score (nSPS) is 11.7. The Morgan fingerprint density at radius 2 is 1.76 bits per heavy atom. The van der Waals surface area contributed by atoms with Gasteiger partial charge >= 0.3 is 5.97 Å². The van der Waals surface area contributed by atoms with Gasteiger partial charge in [-0.05, 0) is 19.4 Å². The Labute approximate surface area is 196 Å². The zero-order valence-corrected chi connectivity index (χ0v) is 19.1. The van der Waals surface area contributed by atoms with Crippen LogP contribution in [0.2, 0.25) is 0 Å². The van der Waals surface area contributed by atoms with Crippen molar-refractivity contribution in [2.24, 2.45) is 0 Å². The molecule has 0 radical (unpaired) electrons. The summed E-state index contributed by atoms with van der Waals surface area (Å²) in [5.41, 5.74) is 3.91. The van der Waals surface area contributed by atoms with Crippen molar-refractivity contribution in [2.45, 2.75) is 39.8 Å². The maximum atomic E-state index is 12.5. The van der Waals surface area contributed by atoms with Gasteiger partial charge in [0.25, 0.3) is 11.8 Å². The highest BCUT2D eigenvalue weighted by molar-refractivity contribution is 5.78. The lowest BCUT2D eigenvalue weighted by atomic mass is 10.0. The lowest BCUT2D eigenvalue weighted by molar-refractivity contribution is -0.146. The summed E-state index contributed by atoms with van der Waals surface area (Å²) in [4.78, 5) is 24.1. The third kappa shape index (κ3) is 5.37. The van der Waals surface area contributed by atoms with Gasteiger partial charge in [-0.1, -0.05) is 65.3 Å². The molecule has 9 nitrogen and oxygen atoms in total. The van der Waals surface area contributed by atoms with Crippen molar-refractivity contribution in [2.75, 3.05) is 0 Å². The highest BCUT2D eigenvalue weighted by Gasteiger charge is 2.23. The van der Waals surface area contributed by atoms with Gasteiger partial charge in [-0.15, -0.1) is 10.2 Å². The molecule has 34 heavy (non-hydrogen) atoms. The highest BCUT2D eigenvalue weighted by atomic mass is 16.5. The predicted molar refractivity (Wildman–Crippen MR) is 122 cm³/mol. The molecular weight excluding hydrogens is 436 g/mol. The number of rotatable bonds is 8. The van der Waals surface area contributed by atoms with E-state index in [1.807, 2.05) is 61.5 Å². The topological polar surface area (TPSA) is 120 Å². The van der Waals surface area contributed by atoms with Crippen LogP contribution in [-0.2, 0) is 20.9 Å². The second kappa shape index (κ2) is 10.1. The van der Waals surface area contributed by atoms with Crippen molar-refractivity contribution >= 4 is 11.9 Å². The maximum Gasteiger partial charge on any atom is 0.308 e. The van der Waals surface area contributed by atoms with E-state index in [-0.39, 0.29) is 30.7 Å². The Bertz CT molecular complexity index is 1280. The van der Waals surface area contributed by atoms with E-state index in [2.05, 4.69) is 20.7 Å². The van der Waals surface area contributed by atoms with Crippen LogP contribution in [0.5, 0.6) is 0 Å². The molecule has 0 saturated carbocycles. The Hall–Kier alpha value is -4.27. The zero-order valence-electron chi connectivity index (χ0n) is 19.1. The van der Waals surface area contributed by atoms with E-state index in [4.69, 9.17) is 13.7 Å². The lowest BCUT2D eigenvalue weighted by Gasteiger charge is -2.17. The van der Waals surface area contributed by atoms with Crippen molar-refractivity contribution < 1.29 is 23.3 Å². The van der Waals surface area contributed by atoms with E-state index in [0.717, 1.165) is 16.7 Å². The van der Waals surface area contributed by atoms with Crippen molar-refractivity contribution in [3.05, 3.63) is 77.4 Å².